The number of nitrogens with zero attached hydrogens (tertiary/aromatic N) is 4. The van der Waals surface area contributed by atoms with E-state index in [-0.39, 0.29) is 23.9 Å². The first-order valence-electron chi connectivity index (χ1n) is 13.1. The van der Waals surface area contributed by atoms with Gasteiger partial charge in [0.2, 0.25) is 5.91 Å². The highest BCUT2D eigenvalue weighted by Crippen LogP contribution is 2.31. The molecule has 1 aromatic carbocycles. The summed E-state index contributed by atoms with van der Waals surface area (Å²) in [5.74, 6) is 0.251. The molecule has 1 N–H and O–H groups in total. The largest absolute Gasteiger partial charge is 0.340 e. The van der Waals surface area contributed by atoms with Gasteiger partial charge in [-0.2, -0.15) is 0 Å². The number of piperazine rings is 1. The summed E-state index contributed by atoms with van der Waals surface area (Å²) < 4.78 is 0. The lowest BCUT2D eigenvalue weighted by molar-refractivity contribution is -0.137. The lowest BCUT2D eigenvalue weighted by atomic mass is 9.94. The van der Waals surface area contributed by atoms with Gasteiger partial charge in [0, 0.05) is 57.6 Å². The van der Waals surface area contributed by atoms with Crippen LogP contribution in [0.5, 0.6) is 0 Å². The fourth-order valence-electron chi connectivity index (χ4n) is 5.98. The summed E-state index contributed by atoms with van der Waals surface area (Å²) in [7, 11) is 0. The molecule has 4 aliphatic rings. The highest BCUT2D eigenvalue weighted by atomic mass is 16.2. The van der Waals surface area contributed by atoms with Gasteiger partial charge in [-0.15, -0.1) is 0 Å². The van der Waals surface area contributed by atoms with E-state index in [0.29, 0.717) is 13.0 Å². The van der Waals surface area contributed by atoms with Crippen LogP contribution in [0.2, 0.25) is 0 Å². The summed E-state index contributed by atoms with van der Waals surface area (Å²) >= 11 is 0. The van der Waals surface area contributed by atoms with E-state index < -0.39 is 0 Å². The Kier molecular flexibility index (Phi) is 6.93. The van der Waals surface area contributed by atoms with Crippen LogP contribution in [0.3, 0.4) is 0 Å². The van der Waals surface area contributed by atoms with Crippen LogP contribution >= 0.6 is 0 Å². The van der Waals surface area contributed by atoms with E-state index in [1.165, 1.54) is 48.8 Å². The minimum absolute atomic E-state index is 0.0799. The Balaban J connectivity index is 1.10. The number of nitrogens with one attached hydrogen (secondary N) is 1. The van der Waals surface area contributed by atoms with Crippen molar-refractivity contribution in [1.82, 2.24) is 25.1 Å². The zero-order chi connectivity index (χ0) is 23.7. The zero-order valence-electron chi connectivity index (χ0n) is 20.7. The number of benzene rings is 1. The van der Waals surface area contributed by atoms with Crippen molar-refractivity contribution in [2.24, 2.45) is 0 Å². The van der Waals surface area contributed by atoms with E-state index in [1.807, 2.05) is 22.3 Å². The monoisotopic (exact) mass is 465 g/mol. The SMILES string of the molecule is Cc1ccc(C2CC3C(=O)N(CCC(=O)N4CCN(C5CCCCC5)CC4)C=CN3N2)cc1C. The molecule has 0 spiro atoms. The Bertz CT molecular complexity index is 933. The van der Waals surface area contributed by atoms with Gasteiger partial charge in [-0.25, -0.2) is 5.43 Å². The van der Waals surface area contributed by atoms with Crippen molar-refractivity contribution < 1.29 is 9.59 Å². The number of fused-ring (bicyclic) bond motifs is 1. The Labute approximate surface area is 203 Å². The van der Waals surface area contributed by atoms with E-state index in [2.05, 4.69) is 42.4 Å². The molecule has 2 saturated heterocycles. The summed E-state index contributed by atoms with van der Waals surface area (Å²) in [6, 6.07) is 7.14. The van der Waals surface area contributed by atoms with Crippen LogP contribution < -0.4 is 5.43 Å². The lowest BCUT2D eigenvalue weighted by Gasteiger charge is -2.41. The molecule has 1 saturated carbocycles. The van der Waals surface area contributed by atoms with Crippen molar-refractivity contribution in [3.05, 3.63) is 47.3 Å². The minimum Gasteiger partial charge on any atom is -0.340 e. The van der Waals surface area contributed by atoms with Gasteiger partial charge < -0.3 is 14.8 Å². The molecule has 2 unspecified atom stereocenters. The second kappa shape index (κ2) is 10.1. The molecule has 1 aliphatic carbocycles. The van der Waals surface area contributed by atoms with Gasteiger partial charge in [0.15, 0.2) is 0 Å². The summed E-state index contributed by atoms with van der Waals surface area (Å²) in [4.78, 5) is 32.4. The molecule has 5 rings (SSSR count). The molecule has 34 heavy (non-hydrogen) atoms. The van der Waals surface area contributed by atoms with Gasteiger partial charge in [-0.1, -0.05) is 37.5 Å². The topological polar surface area (TPSA) is 59.1 Å². The molecule has 2 atom stereocenters. The number of hydrogen-bond acceptors (Lipinski definition) is 5. The fraction of sp³-hybridized carbons (Fsp3) is 0.630. The number of carbonyl (C=O) groups excluding carboxylic acids is 2. The van der Waals surface area contributed by atoms with E-state index in [1.54, 1.807) is 4.90 Å². The third-order valence-corrected chi connectivity index (χ3v) is 8.33. The Morgan fingerprint density at radius 1 is 1.00 bits per heavy atom. The second-order valence-corrected chi connectivity index (χ2v) is 10.5. The maximum absolute atomic E-state index is 13.2. The van der Waals surface area contributed by atoms with Crippen LogP contribution in [-0.2, 0) is 9.59 Å². The van der Waals surface area contributed by atoms with Gasteiger partial charge >= 0.3 is 0 Å². The Hall–Kier alpha value is -2.38. The van der Waals surface area contributed by atoms with Crippen LogP contribution in [0.15, 0.2) is 30.6 Å². The number of aryl methyl sites for hydroxylation is 2. The molecule has 7 nitrogen and oxygen atoms in total. The van der Waals surface area contributed by atoms with Crippen molar-refractivity contribution in [1.29, 1.82) is 0 Å². The van der Waals surface area contributed by atoms with Gasteiger partial charge in [0.05, 0.1) is 6.04 Å². The predicted molar refractivity (Wildman–Crippen MR) is 133 cm³/mol. The zero-order valence-corrected chi connectivity index (χ0v) is 20.7. The van der Waals surface area contributed by atoms with E-state index in [9.17, 15) is 9.59 Å². The molecule has 0 radical (unpaired) electrons. The minimum atomic E-state index is -0.217. The molecule has 2 amide bonds. The average Bonchev–Trinajstić information content (AvgIpc) is 3.31. The number of carbonyl (C=O) groups is 2. The second-order valence-electron chi connectivity index (χ2n) is 10.5. The van der Waals surface area contributed by atoms with Crippen LogP contribution in [0.25, 0.3) is 0 Å². The molecule has 3 fully saturated rings. The number of hydrogen-bond donors (Lipinski definition) is 1. The van der Waals surface area contributed by atoms with Crippen LogP contribution in [-0.4, -0.2) is 76.3 Å². The first-order valence-corrected chi connectivity index (χ1v) is 13.1. The maximum atomic E-state index is 13.2. The number of hydrazine groups is 1. The quantitative estimate of drug-likeness (QED) is 0.724. The van der Waals surface area contributed by atoms with E-state index >= 15 is 0 Å². The highest BCUT2D eigenvalue weighted by Gasteiger charge is 2.40. The van der Waals surface area contributed by atoms with Crippen LogP contribution in [0, 0.1) is 13.8 Å². The molecule has 1 aromatic rings. The first-order chi connectivity index (χ1) is 16.5. The summed E-state index contributed by atoms with van der Waals surface area (Å²) in [5, 5.41) is 1.94. The fourth-order valence-corrected chi connectivity index (χ4v) is 5.98. The molecule has 184 valence electrons. The van der Waals surface area contributed by atoms with Gasteiger partial charge in [-0.05, 0) is 49.8 Å². The summed E-state index contributed by atoms with van der Waals surface area (Å²) in [5.41, 5.74) is 7.24. The van der Waals surface area contributed by atoms with Crippen molar-refractivity contribution in [2.75, 3.05) is 32.7 Å². The normalized spacial score (nSPS) is 26.3. The molecule has 3 heterocycles. The van der Waals surface area contributed by atoms with Gasteiger partial charge in [0.25, 0.3) is 5.91 Å². The molecular weight excluding hydrogens is 426 g/mol. The highest BCUT2D eigenvalue weighted by molar-refractivity contribution is 5.85. The Morgan fingerprint density at radius 2 is 1.76 bits per heavy atom. The molecule has 0 bridgehead atoms. The number of rotatable bonds is 5. The predicted octanol–water partition coefficient (Wildman–Crippen LogP) is 3.10. The molecule has 3 aliphatic heterocycles. The van der Waals surface area contributed by atoms with Crippen molar-refractivity contribution in [2.45, 2.75) is 76.9 Å². The third-order valence-electron chi connectivity index (χ3n) is 8.33. The number of amides is 2. The molecular formula is C27H39N5O2. The first kappa shape index (κ1) is 23.4. The third kappa shape index (κ3) is 4.86. The van der Waals surface area contributed by atoms with Gasteiger partial charge in [-0.3, -0.25) is 14.5 Å². The average molecular weight is 466 g/mol. The molecule has 7 heteroatoms. The molecule has 0 aromatic heterocycles. The van der Waals surface area contributed by atoms with E-state index in [4.69, 9.17) is 0 Å². The van der Waals surface area contributed by atoms with Crippen molar-refractivity contribution in [3.63, 3.8) is 0 Å². The van der Waals surface area contributed by atoms with Gasteiger partial charge in [0.1, 0.15) is 6.04 Å². The summed E-state index contributed by atoms with van der Waals surface area (Å²) in [6.45, 7) is 8.31. The lowest BCUT2D eigenvalue weighted by Crippen LogP contribution is -2.53. The summed E-state index contributed by atoms with van der Waals surface area (Å²) in [6.07, 6.45) is 11.6. The van der Waals surface area contributed by atoms with Crippen molar-refractivity contribution >= 4 is 11.8 Å². The van der Waals surface area contributed by atoms with Crippen LogP contribution in [0.1, 0.15) is 67.7 Å². The Morgan fingerprint density at radius 3 is 2.50 bits per heavy atom. The smallest absolute Gasteiger partial charge is 0.250 e. The van der Waals surface area contributed by atoms with E-state index in [0.717, 1.165) is 38.6 Å². The maximum Gasteiger partial charge on any atom is 0.250 e. The van der Waals surface area contributed by atoms with Crippen molar-refractivity contribution in [3.8, 4) is 0 Å². The standard InChI is InChI=1S/C27H39N5O2/c1-20-8-9-22(18-21(20)2)24-19-25-27(34)31(16-17-32(25)28-24)11-10-26(33)30-14-12-29(13-15-30)23-6-4-3-5-7-23/h8-9,16-18,23-25,28H,3-7,10-15,19H2,1-2H3. The van der Waals surface area contributed by atoms with Crippen LogP contribution in [0.4, 0.5) is 0 Å².